The second kappa shape index (κ2) is 8.35. The summed E-state index contributed by atoms with van der Waals surface area (Å²) in [7, 11) is 0. The average Bonchev–Trinajstić information content (AvgIpc) is 3.27. The van der Waals surface area contributed by atoms with Gasteiger partial charge in [-0.05, 0) is 30.3 Å². The number of anilines is 3. The van der Waals surface area contributed by atoms with Gasteiger partial charge >= 0.3 is 0 Å². The number of amides is 1. The van der Waals surface area contributed by atoms with Crippen molar-refractivity contribution in [1.29, 1.82) is 5.26 Å². The molecule has 0 saturated carbocycles. The third kappa shape index (κ3) is 3.88. The van der Waals surface area contributed by atoms with Crippen LogP contribution in [0, 0.1) is 17.1 Å². The van der Waals surface area contributed by atoms with E-state index in [9.17, 15) is 9.18 Å². The van der Waals surface area contributed by atoms with Crippen molar-refractivity contribution in [3.05, 3.63) is 59.9 Å². The maximum atomic E-state index is 13.8. The largest absolute Gasteiger partial charge is 0.486 e. The summed E-state index contributed by atoms with van der Waals surface area (Å²) in [6.45, 7) is 4.88. The van der Waals surface area contributed by atoms with Crippen molar-refractivity contribution >= 4 is 29.2 Å². The zero-order valence-electron chi connectivity index (χ0n) is 16.1. The first kappa shape index (κ1) is 19.6. The molecule has 7 nitrogen and oxygen atoms in total. The van der Waals surface area contributed by atoms with E-state index in [1.165, 1.54) is 18.2 Å². The van der Waals surface area contributed by atoms with Crippen molar-refractivity contribution in [2.75, 3.05) is 30.1 Å². The summed E-state index contributed by atoms with van der Waals surface area (Å²) in [4.78, 5) is 18.1. The molecule has 8 heteroatoms. The highest BCUT2D eigenvalue weighted by atomic mass is 19.1. The first-order valence-corrected chi connectivity index (χ1v) is 9.42. The number of benzene rings is 2. The minimum Gasteiger partial charge on any atom is -0.486 e. The van der Waals surface area contributed by atoms with Gasteiger partial charge in [0, 0.05) is 30.0 Å². The van der Waals surface area contributed by atoms with E-state index in [1.807, 2.05) is 17.0 Å². The molecule has 2 aromatic rings. The topological polar surface area (TPSA) is 87.0 Å². The van der Waals surface area contributed by atoms with Gasteiger partial charge < -0.3 is 19.7 Å². The van der Waals surface area contributed by atoms with Gasteiger partial charge in [0.15, 0.2) is 0 Å². The van der Waals surface area contributed by atoms with E-state index in [-0.39, 0.29) is 17.6 Å². The third-order valence-corrected chi connectivity index (χ3v) is 4.88. The van der Waals surface area contributed by atoms with Crippen molar-refractivity contribution in [3.63, 3.8) is 0 Å². The number of carbonyl (C=O) groups excluding carboxylic acids is 1. The third-order valence-electron chi connectivity index (χ3n) is 4.88. The Morgan fingerprint density at radius 3 is 3.03 bits per heavy atom. The van der Waals surface area contributed by atoms with E-state index in [0.717, 1.165) is 17.7 Å². The predicted octanol–water partition coefficient (Wildman–Crippen LogP) is 3.52. The maximum absolute atomic E-state index is 13.8. The lowest BCUT2D eigenvalue weighted by Crippen LogP contribution is -2.24. The molecule has 0 unspecified atom stereocenters. The zero-order valence-corrected chi connectivity index (χ0v) is 16.1. The number of aliphatic imine (C=N–C) groups is 1. The maximum Gasteiger partial charge on any atom is 0.247 e. The number of carbonyl (C=O) groups is 1. The molecule has 0 bridgehead atoms. The molecular weight excluding hydrogens is 387 g/mol. The molecule has 1 saturated heterocycles. The molecule has 2 aliphatic rings. The Labute approximate surface area is 173 Å². The first-order chi connectivity index (χ1) is 14.6. The highest BCUT2D eigenvalue weighted by molar-refractivity contribution is 6.02. The summed E-state index contributed by atoms with van der Waals surface area (Å²) < 4.78 is 25.3. The molecule has 30 heavy (non-hydrogen) atoms. The van der Waals surface area contributed by atoms with Crippen molar-refractivity contribution in [2.45, 2.75) is 12.5 Å². The minimum absolute atomic E-state index is 0.0435. The number of hydrogen-bond acceptors (Lipinski definition) is 6. The quantitative estimate of drug-likeness (QED) is 0.768. The van der Waals surface area contributed by atoms with E-state index in [2.05, 4.69) is 16.9 Å². The average molecular weight is 406 g/mol. The molecule has 2 aliphatic heterocycles. The lowest BCUT2D eigenvalue weighted by Gasteiger charge is -2.29. The van der Waals surface area contributed by atoms with Crippen LogP contribution in [0.15, 0.2) is 48.0 Å². The van der Waals surface area contributed by atoms with Crippen molar-refractivity contribution in [3.8, 4) is 11.8 Å². The van der Waals surface area contributed by atoms with Crippen molar-refractivity contribution in [1.82, 2.24) is 0 Å². The number of nitrogens with one attached hydrogen (secondary N) is 1. The Morgan fingerprint density at radius 2 is 2.30 bits per heavy atom. The van der Waals surface area contributed by atoms with Crippen LogP contribution in [0.1, 0.15) is 17.5 Å². The molecule has 0 aromatic heterocycles. The van der Waals surface area contributed by atoms with E-state index < -0.39 is 5.82 Å². The summed E-state index contributed by atoms with van der Waals surface area (Å²) >= 11 is 0. The molecule has 1 atom stereocenters. The molecule has 152 valence electrons. The van der Waals surface area contributed by atoms with Crippen LogP contribution in [0.2, 0.25) is 0 Å². The summed E-state index contributed by atoms with van der Waals surface area (Å²) in [5, 5.41) is 11.9. The minimum atomic E-state index is -0.574. The molecule has 1 fully saturated rings. The standard InChI is InChI=1S/C22H19FN4O3/c1-2-22(28)26-19-8-15-11-25-13-27(16-3-4-18(23)14(7-16)10-24)20(15)9-21(19)30-17-5-6-29-12-17/h2-4,7-9,11,17H,1,5-6,12-13H2,(H,26,28)/t17-/m1/s1. The van der Waals surface area contributed by atoms with E-state index in [1.54, 1.807) is 18.3 Å². The molecule has 0 aliphatic carbocycles. The molecular formula is C22H19FN4O3. The summed E-state index contributed by atoms with van der Waals surface area (Å²) in [5.41, 5.74) is 2.60. The van der Waals surface area contributed by atoms with Crippen LogP contribution in [0.5, 0.6) is 5.75 Å². The second-order valence-electron chi connectivity index (χ2n) is 6.86. The normalized spacial score (nSPS) is 17.2. The van der Waals surface area contributed by atoms with Crippen molar-refractivity contribution in [2.24, 2.45) is 4.99 Å². The molecule has 1 N–H and O–H groups in total. The Morgan fingerprint density at radius 1 is 1.43 bits per heavy atom. The number of hydrogen-bond donors (Lipinski definition) is 1. The van der Waals surface area contributed by atoms with Crippen LogP contribution in [-0.2, 0) is 9.53 Å². The Bertz CT molecular complexity index is 1070. The number of nitrogens with zero attached hydrogens (tertiary/aromatic N) is 3. The molecule has 2 heterocycles. The van der Waals surface area contributed by atoms with E-state index >= 15 is 0 Å². The van der Waals surface area contributed by atoms with E-state index in [0.29, 0.717) is 37.0 Å². The van der Waals surface area contributed by atoms with Gasteiger partial charge in [-0.25, -0.2) is 4.39 Å². The molecule has 0 spiro atoms. The number of rotatable bonds is 5. The lowest BCUT2D eigenvalue weighted by molar-refractivity contribution is -0.111. The van der Waals surface area contributed by atoms with Gasteiger partial charge in [-0.1, -0.05) is 6.58 Å². The van der Waals surface area contributed by atoms with Crippen LogP contribution >= 0.6 is 0 Å². The van der Waals surface area contributed by atoms with Gasteiger partial charge in [0.2, 0.25) is 5.91 Å². The number of ether oxygens (including phenoxy) is 2. The van der Waals surface area contributed by atoms with Crippen LogP contribution in [0.4, 0.5) is 21.5 Å². The summed E-state index contributed by atoms with van der Waals surface area (Å²) in [5.74, 6) is -0.443. The Hall–Kier alpha value is -3.70. The van der Waals surface area contributed by atoms with Crippen LogP contribution in [-0.4, -0.2) is 38.1 Å². The highest BCUT2D eigenvalue weighted by Crippen LogP contribution is 2.39. The van der Waals surface area contributed by atoms with Gasteiger partial charge in [-0.3, -0.25) is 9.79 Å². The first-order valence-electron chi connectivity index (χ1n) is 9.42. The molecule has 2 aromatic carbocycles. The van der Waals surface area contributed by atoms with E-state index in [4.69, 9.17) is 14.7 Å². The van der Waals surface area contributed by atoms with Crippen molar-refractivity contribution < 1.29 is 18.7 Å². The van der Waals surface area contributed by atoms with Gasteiger partial charge in [0.1, 0.15) is 30.4 Å². The van der Waals surface area contributed by atoms with Crippen LogP contribution in [0.3, 0.4) is 0 Å². The fourth-order valence-electron chi connectivity index (χ4n) is 3.37. The number of nitriles is 1. The predicted molar refractivity (Wildman–Crippen MR) is 111 cm³/mol. The SMILES string of the molecule is C=CC(=O)Nc1cc2c(cc1O[C@@H]1CCOC1)N(c1ccc(F)c(C#N)c1)CN=C2. The summed E-state index contributed by atoms with van der Waals surface area (Å²) in [6.07, 6.45) is 3.52. The van der Waals surface area contributed by atoms with Crippen LogP contribution < -0.4 is 15.0 Å². The monoisotopic (exact) mass is 406 g/mol. The Kier molecular flexibility index (Phi) is 5.46. The zero-order chi connectivity index (χ0) is 21.1. The summed E-state index contributed by atoms with van der Waals surface area (Å²) in [6, 6.07) is 9.79. The fourth-order valence-corrected chi connectivity index (χ4v) is 3.37. The second-order valence-corrected chi connectivity index (χ2v) is 6.86. The van der Waals surface area contributed by atoms with Crippen LogP contribution in [0.25, 0.3) is 0 Å². The van der Waals surface area contributed by atoms with Gasteiger partial charge in [-0.2, -0.15) is 5.26 Å². The molecule has 1 amide bonds. The van der Waals surface area contributed by atoms with Gasteiger partial charge in [0.25, 0.3) is 0 Å². The molecule has 0 radical (unpaired) electrons. The fraction of sp³-hybridized carbons (Fsp3) is 0.227. The number of halogens is 1. The molecule has 4 rings (SSSR count). The lowest BCUT2D eigenvalue weighted by atomic mass is 10.1. The Balaban J connectivity index is 1.76. The van der Waals surface area contributed by atoms with Gasteiger partial charge in [0.05, 0.1) is 30.2 Å². The smallest absolute Gasteiger partial charge is 0.247 e. The highest BCUT2D eigenvalue weighted by Gasteiger charge is 2.24. The van der Waals surface area contributed by atoms with Gasteiger partial charge in [-0.15, -0.1) is 0 Å². The number of fused-ring (bicyclic) bond motifs is 1.